The van der Waals surface area contributed by atoms with Gasteiger partial charge in [0.2, 0.25) is 5.78 Å². The zero-order chi connectivity index (χ0) is 30.9. The number of ketones is 2. The molecule has 5 atom stereocenters. The molecule has 0 aliphatic heterocycles. The molecule has 1 fully saturated rings. The molecule has 4 rings (SSSR count). The van der Waals surface area contributed by atoms with Gasteiger partial charge in [0.1, 0.15) is 22.8 Å². The SMILES string of the molecule is CCC(C)N(C)Cc1cc(O)c2c(c1C(F)(F)F)C[C@H]1C[C@H]3[C@H](N(C)C)C(=O)C(C(N)=O)=C(O)[C@@]3(O)C(=O)C1=C2O. The monoisotopic (exact) mass is 581 g/mol. The van der Waals surface area contributed by atoms with Gasteiger partial charge in [-0.25, -0.2) is 0 Å². The molecule has 0 bridgehead atoms. The molecule has 0 aromatic heterocycles. The van der Waals surface area contributed by atoms with Gasteiger partial charge >= 0.3 is 6.18 Å². The number of phenolic OH excluding ortho intramolecular Hbond substituents is 1. The van der Waals surface area contributed by atoms with Crippen LogP contribution in [0.1, 0.15) is 48.9 Å². The summed E-state index contributed by atoms with van der Waals surface area (Å²) in [6.45, 7) is 3.58. The molecular weight excluding hydrogens is 547 g/mol. The number of primary amides is 1. The highest BCUT2D eigenvalue weighted by atomic mass is 19.4. The van der Waals surface area contributed by atoms with E-state index in [0.717, 1.165) is 6.07 Å². The molecule has 41 heavy (non-hydrogen) atoms. The van der Waals surface area contributed by atoms with Gasteiger partial charge in [0.15, 0.2) is 11.4 Å². The van der Waals surface area contributed by atoms with Crippen molar-refractivity contribution in [2.75, 3.05) is 21.1 Å². The summed E-state index contributed by atoms with van der Waals surface area (Å²) in [7, 11) is 4.53. The lowest BCUT2D eigenvalue weighted by Crippen LogP contribution is -2.65. The summed E-state index contributed by atoms with van der Waals surface area (Å²) in [5, 5.41) is 44.6. The number of nitrogens with zero attached hydrogens (tertiary/aromatic N) is 2. The Hall–Kier alpha value is -3.42. The van der Waals surface area contributed by atoms with Crippen LogP contribution < -0.4 is 5.73 Å². The molecule has 0 heterocycles. The van der Waals surface area contributed by atoms with E-state index in [1.54, 1.807) is 11.9 Å². The van der Waals surface area contributed by atoms with Gasteiger partial charge in [-0.05, 0) is 70.4 Å². The second-order valence-corrected chi connectivity index (χ2v) is 11.4. The predicted molar refractivity (Wildman–Crippen MR) is 140 cm³/mol. The number of phenols is 1. The Kier molecular flexibility index (Phi) is 7.55. The molecule has 0 radical (unpaired) electrons. The Morgan fingerprint density at radius 3 is 2.32 bits per heavy atom. The number of hydrogen-bond donors (Lipinski definition) is 5. The van der Waals surface area contributed by atoms with Crippen molar-refractivity contribution in [3.63, 3.8) is 0 Å². The molecular formula is C28H34F3N3O7. The fourth-order valence-electron chi connectivity index (χ4n) is 6.60. The Bertz CT molecular complexity index is 1400. The number of aliphatic hydroxyl groups is 3. The number of fused-ring (bicyclic) bond motifs is 3. The number of carbonyl (C=O) groups is 3. The molecule has 1 aromatic rings. The third kappa shape index (κ3) is 4.50. The first-order valence-corrected chi connectivity index (χ1v) is 13.2. The van der Waals surface area contributed by atoms with Gasteiger partial charge in [-0.1, -0.05) is 6.92 Å². The second kappa shape index (κ2) is 10.1. The molecule has 0 spiro atoms. The standard InChI is InChI=1S/C28H34F3N3O7/c1-6-11(2)34(5)10-13-9-16(35)18-14(20(13)28(29,30)31)7-12-8-15-21(33(3)4)23(37)19(26(32)40)25(39)27(15,41)24(38)17(12)22(18)36/h9,11-12,15,21,35-36,39,41H,6-8,10H2,1-5H3,(H2,32,40)/t11?,12-,15-,21-,27-/m0/s1. The number of nitrogens with two attached hydrogens (primary N) is 1. The molecule has 1 saturated carbocycles. The van der Waals surface area contributed by atoms with Gasteiger partial charge in [-0.15, -0.1) is 0 Å². The van der Waals surface area contributed by atoms with Crippen molar-refractivity contribution in [1.82, 2.24) is 9.80 Å². The number of rotatable bonds is 6. The average molecular weight is 582 g/mol. The van der Waals surface area contributed by atoms with Crippen LogP contribution in [0.4, 0.5) is 13.2 Å². The number of halogens is 3. The summed E-state index contributed by atoms with van der Waals surface area (Å²) in [5.41, 5.74) is -1.31. The number of aliphatic hydroxyl groups excluding tert-OH is 2. The first kappa shape index (κ1) is 30.5. The van der Waals surface area contributed by atoms with Crippen LogP contribution in [0.5, 0.6) is 5.75 Å². The topological polar surface area (TPSA) is 165 Å². The van der Waals surface area contributed by atoms with Crippen molar-refractivity contribution < 1.29 is 48.0 Å². The van der Waals surface area contributed by atoms with Crippen molar-refractivity contribution in [2.45, 2.75) is 63.5 Å². The van der Waals surface area contributed by atoms with Crippen molar-refractivity contribution in [1.29, 1.82) is 0 Å². The number of hydrogen-bond acceptors (Lipinski definition) is 9. The average Bonchev–Trinajstić information content (AvgIpc) is 2.84. The van der Waals surface area contributed by atoms with E-state index in [1.807, 2.05) is 13.8 Å². The van der Waals surface area contributed by atoms with Crippen LogP contribution in [0, 0.1) is 11.8 Å². The van der Waals surface area contributed by atoms with Crippen LogP contribution in [-0.4, -0.2) is 86.5 Å². The normalized spacial score (nSPS) is 27.2. The van der Waals surface area contributed by atoms with Crippen LogP contribution in [0.2, 0.25) is 0 Å². The van der Waals surface area contributed by atoms with Gasteiger partial charge < -0.3 is 26.2 Å². The minimum absolute atomic E-state index is 0.0689. The van der Waals surface area contributed by atoms with E-state index in [0.29, 0.717) is 6.42 Å². The van der Waals surface area contributed by atoms with Crippen molar-refractivity contribution >= 4 is 23.2 Å². The van der Waals surface area contributed by atoms with Crippen molar-refractivity contribution in [2.24, 2.45) is 17.6 Å². The highest BCUT2D eigenvalue weighted by Crippen LogP contribution is 2.54. The molecule has 3 aliphatic carbocycles. The van der Waals surface area contributed by atoms with E-state index < -0.39 is 98.7 Å². The number of alkyl halides is 3. The highest BCUT2D eigenvalue weighted by Gasteiger charge is 2.64. The summed E-state index contributed by atoms with van der Waals surface area (Å²) in [6, 6.07) is -0.495. The zero-order valence-electron chi connectivity index (χ0n) is 23.3. The molecule has 1 unspecified atom stereocenters. The fraction of sp³-hybridized carbons (Fsp3) is 0.536. The number of likely N-dealkylation sites (N-methyl/N-ethyl adjacent to an activating group) is 1. The first-order chi connectivity index (χ1) is 18.9. The van der Waals surface area contributed by atoms with Crippen molar-refractivity contribution in [3.8, 4) is 5.75 Å². The van der Waals surface area contributed by atoms with E-state index >= 15 is 0 Å². The fourth-order valence-corrected chi connectivity index (χ4v) is 6.60. The zero-order valence-corrected chi connectivity index (χ0v) is 23.3. The van der Waals surface area contributed by atoms with Crippen LogP contribution in [-0.2, 0) is 33.5 Å². The highest BCUT2D eigenvalue weighted by molar-refractivity contribution is 6.24. The molecule has 3 aliphatic rings. The minimum Gasteiger partial charge on any atom is -0.508 e. The molecule has 0 saturated heterocycles. The molecule has 1 amide bonds. The van der Waals surface area contributed by atoms with Crippen molar-refractivity contribution in [3.05, 3.63) is 45.2 Å². The number of Topliss-reactive ketones (excluding diaryl/α,β-unsaturated/α-hetero) is 2. The lowest BCUT2D eigenvalue weighted by atomic mass is 9.57. The van der Waals surface area contributed by atoms with Gasteiger partial charge in [0.05, 0.1) is 17.2 Å². The van der Waals surface area contributed by atoms with E-state index in [4.69, 9.17) is 5.73 Å². The Morgan fingerprint density at radius 1 is 1.20 bits per heavy atom. The lowest BCUT2D eigenvalue weighted by Gasteiger charge is -2.50. The summed E-state index contributed by atoms with van der Waals surface area (Å²) in [4.78, 5) is 42.1. The third-order valence-corrected chi connectivity index (χ3v) is 8.85. The molecule has 10 nitrogen and oxygen atoms in total. The minimum atomic E-state index is -4.88. The van der Waals surface area contributed by atoms with Gasteiger partial charge in [-0.2, -0.15) is 13.2 Å². The maximum absolute atomic E-state index is 14.6. The predicted octanol–water partition coefficient (Wildman–Crippen LogP) is 2.21. The quantitative estimate of drug-likeness (QED) is 0.317. The largest absolute Gasteiger partial charge is 0.508 e. The summed E-state index contributed by atoms with van der Waals surface area (Å²) >= 11 is 0. The third-order valence-electron chi connectivity index (χ3n) is 8.85. The number of benzene rings is 1. The van der Waals surface area contributed by atoms with Crippen LogP contribution in [0.3, 0.4) is 0 Å². The van der Waals surface area contributed by atoms with E-state index in [-0.39, 0.29) is 24.6 Å². The van der Waals surface area contributed by atoms with Crippen LogP contribution in [0.25, 0.3) is 5.76 Å². The number of aromatic hydroxyl groups is 1. The molecule has 13 heteroatoms. The van der Waals surface area contributed by atoms with E-state index in [9.17, 15) is 48.0 Å². The Morgan fingerprint density at radius 2 is 1.80 bits per heavy atom. The molecule has 224 valence electrons. The maximum atomic E-state index is 14.6. The number of amides is 1. The van der Waals surface area contributed by atoms with Gasteiger partial charge in [0, 0.05) is 24.1 Å². The molecule has 6 N–H and O–H groups in total. The summed E-state index contributed by atoms with van der Waals surface area (Å²) < 4.78 is 43.8. The summed E-state index contributed by atoms with van der Waals surface area (Å²) in [6.07, 6.45) is -4.97. The van der Waals surface area contributed by atoms with E-state index in [1.165, 1.54) is 19.0 Å². The van der Waals surface area contributed by atoms with E-state index in [2.05, 4.69) is 0 Å². The van der Waals surface area contributed by atoms with Gasteiger partial charge in [0.25, 0.3) is 5.91 Å². The summed E-state index contributed by atoms with van der Waals surface area (Å²) in [5.74, 6) is -9.02. The Labute approximate surface area is 234 Å². The van der Waals surface area contributed by atoms with Crippen LogP contribution in [0.15, 0.2) is 23.0 Å². The first-order valence-electron chi connectivity index (χ1n) is 13.2. The number of carbonyl (C=O) groups excluding carboxylic acids is 3. The van der Waals surface area contributed by atoms with Crippen LogP contribution >= 0.6 is 0 Å². The Balaban J connectivity index is 1.97. The smallest absolute Gasteiger partial charge is 0.417 e. The molecule has 1 aromatic carbocycles. The van der Waals surface area contributed by atoms with Gasteiger partial charge in [-0.3, -0.25) is 24.2 Å². The maximum Gasteiger partial charge on any atom is 0.417 e. The lowest BCUT2D eigenvalue weighted by molar-refractivity contribution is -0.153. The second-order valence-electron chi connectivity index (χ2n) is 11.4.